The van der Waals surface area contributed by atoms with Gasteiger partial charge in [-0.3, -0.25) is 0 Å². The summed E-state index contributed by atoms with van der Waals surface area (Å²) in [6.07, 6.45) is -3.91. The molecule has 0 amide bonds. The van der Waals surface area contributed by atoms with Crippen LogP contribution < -0.4 is 0 Å². The molecule has 0 saturated carbocycles. The van der Waals surface area contributed by atoms with Crippen molar-refractivity contribution in [1.29, 1.82) is 0 Å². The minimum Gasteiger partial charge on any atom is -0.463 e. The van der Waals surface area contributed by atoms with Crippen LogP contribution in [0.15, 0.2) is 41.4 Å². The van der Waals surface area contributed by atoms with E-state index >= 15 is 0 Å². The van der Waals surface area contributed by atoms with Gasteiger partial charge in [0.05, 0.1) is 6.54 Å². The molecule has 0 radical (unpaired) electrons. The topological polar surface area (TPSA) is 21.6 Å². The molecular formula is C22H22F3NO. The van der Waals surface area contributed by atoms with E-state index in [1.165, 1.54) is 0 Å². The van der Waals surface area contributed by atoms with E-state index in [1.54, 1.807) is 12.1 Å². The summed E-state index contributed by atoms with van der Waals surface area (Å²) in [5, 5.41) is 0. The molecule has 0 bridgehead atoms. The second kappa shape index (κ2) is 6.11. The number of ether oxygens (including phenoxy) is 1. The van der Waals surface area contributed by atoms with E-state index in [1.807, 2.05) is 45.0 Å². The number of benzene rings is 2. The van der Waals surface area contributed by atoms with Crippen molar-refractivity contribution in [2.45, 2.75) is 45.4 Å². The molecule has 1 spiro atoms. The third kappa shape index (κ3) is 2.84. The molecule has 1 aliphatic carbocycles. The smallest absolute Gasteiger partial charge is 0.396 e. The van der Waals surface area contributed by atoms with Gasteiger partial charge in [-0.15, -0.1) is 0 Å². The highest BCUT2D eigenvalue weighted by Crippen LogP contribution is 2.52. The molecule has 0 N–H and O–H groups in total. The maximum Gasteiger partial charge on any atom is 0.396 e. The van der Waals surface area contributed by atoms with Crippen LogP contribution in [0.3, 0.4) is 0 Å². The maximum absolute atomic E-state index is 13.9. The van der Waals surface area contributed by atoms with Crippen molar-refractivity contribution in [1.82, 2.24) is 0 Å². The van der Waals surface area contributed by atoms with Gasteiger partial charge in [0.15, 0.2) is 5.60 Å². The molecule has 0 saturated heterocycles. The third-order valence-corrected chi connectivity index (χ3v) is 5.76. The van der Waals surface area contributed by atoms with E-state index in [0.717, 1.165) is 27.8 Å². The van der Waals surface area contributed by atoms with Crippen LogP contribution in [0, 0.1) is 26.7 Å². The Hall–Kier alpha value is -2.30. The number of hydrogen-bond acceptors (Lipinski definition) is 2. The maximum atomic E-state index is 13.9. The van der Waals surface area contributed by atoms with Gasteiger partial charge < -0.3 is 4.74 Å². The highest BCUT2D eigenvalue weighted by atomic mass is 19.4. The van der Waals surface area contributed by atoms with Gasteiger partial charge in [0.25, 0.3) is 0 Å². The number of rotatable bonds is 1. The van der Waals surface area contributed by atoms with Crippen molar-refractivity contribution in [3.8, 4) is 0 Å². The van der Waals surface area contributed by atoms with Crippen molar-refractivity contribution >= 4 is 5.90 Å². The number of aliphatic imine (C=N–C) groups is 1. The van der Waals surface area contributed by atoms with Crippen LogP contribution in [0.2, 0.25) is 0 Å². The van der Waals surface area contributed by atoms with Crippen molar-refractivity contribution in [3.63, 3.8) is 0 Å². The van der Waals surface area contributed by atoms with Crippen LogP contribution in [0.4, 0.5) is 13.2 Å². The molecule has 5 heteroatoms. The summed E-state index contributed by atoms with van der Waals surface area (Å²) in [5.74, 6) is -1.23. The van der Waals surface area contributed by atoms with Gasteiger partial charge in [-0.05, 0) is 50.3 Å². The minimum atomic E-state index is -4.34. The Balaban J connectivity index is 1.82. The molecule has 1 heterocycles. The van der Waals surface area contributed by atoms with Gasteiger partial charge in [-0.1, -0.05) is 42.0 Å². The molecule has 27 heavy (non-hydrogen) atoms. The van der Waals surface area contributed by atoms with Gasteiger partial charge in [0.2, 0.25) is 5.90 Å². The lowest BCUT2D eigenvalue weighted by Gasteiger charge is -2.42. The molecule has 2 unspecified atom stereocenters. The first-order chi connectivity index (χ1) is 12.7. The second-order valence-corrected chi connectivity index (χ2v) is 7.68. The predicted molar refractivity (Wildman–Crippen MR) is 99.1 cm³/mol. The Morgan fingerprint density at radius 3 is 2.41 bits per heavy atom. The van der Waals surface area contributed by atoms with Crippen molar-refractivity contribution in [2.24, 2.45) is 10.9 Å². The van der Waals surface area contributed by atoms with E-state index in [0.29, 0.717) is 17.9 Å². The average Bonchev–Trinajstić information content (AvgIpc) is 2.98. The fourth-order valence-corrected chi connectivity index (χ4v) is 4.70. The normalized spacial score (nSPS) is 24.5. The monoisotopic (exact) mass is 373 g/mol. The Morgan fingerprint density at radius 2 is 1.74 bits per heavy atom. The van der Waals surface area contributed by atoms with E-state index < -0.39 is 17.7 Å². The molecule has 0 aromatic heterocycles. The molecular weight excluding hydrogens is 351 g/mol. The second-order valence-electron chi connectivity index (χ2n) is 7.68. The average molecular weight is 373 g/mol. The number of alkyl halides is 3. The van der Waals surface area contributed by atoms with Crippen LogP contribution in [0.1, 0.15) is 39.8 Å². The lowest BCUT2D eigenvalue weighted by Crippen LogP contribution is -2.49. The third-order valence-electron chi connectivity index (χ3n) is 5.76. The van der Waals surface area contributed by atoms with Crippen molar-refractivity contribution in [3.05, 3.63) is 69.8 Å². The largest absolute Gasteiger partial charge is 0.463 e. The summed E-state index contributed by atoms with van der Waals surface area (Å²) in [7, 11) is 0. The molecule has 2 aromatic rings. The first-order valence-electron chi connectivity index (χ1n) is 9.19. The summed E-state index contributed by atoms with van der Waals surface area (Å²) < 4.78 is 48.0. The van der Waals surface area contributed by atoms with Crippen LogP contribution in [0.5, 0.6) is 0 Å². The van der Waals surface area contributed by atoms with Crippen molar-refractivity contribution < 1.29 is 17.9 Å². The molecule has 2 aromatic carbocycles. The zero-order chi connectivity index (χ0) is 19.4. The van der Waals surface area contributed by atoms with Gasteiger partial charge in [0, 0.05) is 11.1 Å². The number of fused-ring (bicyclic) bond motifs is 2. The highest BCUT2D eigenvalue weighted by molar-refractivity contribution is 5.98. The first-order valence-corrected chi connectivity index (χ1v) is 9.19. The predicted octanol–water partition coefficient (Wildman–Crippen LogP) is 5.41. The minimum absolute atomic E-state index is 0.00369. The summed E-state index contributed by atoms with van der Waals surface area (Å²) in [6, 6.07) is 11.3. The molecule has 2 nitrogen and oxygen atoms in total. The molecule has 0 fully saturated rings. The molecule has 2 atom stereocenters. The SMILES string of the molecule is Cc1cc(C)c(C2=NCC3(O2)c2ccccc2CCC3C(F)(F)F)c(C)c1. The number of aryl methyl sites for hydroxylation is 4. The Labute approximate surface area is 157 Å². The lowest BCUT2D eigenvalue weighted by molar-refractivity contribution is -0.225. The highest BCUT2D eigenvalue weighted by Gasteiger charge is 2.60. The zero-order valence-corrected chi connectivity index (χ0v) is 15.7. The van der Waals surface area contributed by atoms with Crippen LogP contribution in [-0.4, -0.2) is 18.6 Å². The molecule has 2 aliphatic rings. The lowest BCUT2D eigenvalue weighted by atomic mass is 9.71. The molecule has 4 rings (SSSR count). The summed E-state index contributed by atoms with van der Waals surface area (Å²) in [4.78, 5) is 4.49. The summed E-state index contributed by atoms with van der Waals surface area (Å²) in [5.41, 5.74) is 3.93. The zero-order valence-electron chi connectivity index (χ0n) is 15.7. The van der Waals surface area contributed by atoms with E-state index in [4.69, 9.17) is 4.74 Å². The fraction of sp³-hybridized carbons (Fsp3) is 0.409. The number of halogens is 3. The van der Waals surface area contributed by atoms with E-state index in [-0.39, 0.29) is 13.0 Å². The van der Waals surface area contributed by atoms with E-state index in [2.05, 4.69) is 4.99 Å². The van der Waals surface area contributed by atoms with Gasteiger partial charge in [-0.2, -0.15) is 13.2 Å². The van der Waals surface area contributed by atoms with Crippen LogP contribution in [-0.2, 0) is 16.8 Å². The van der Waals surface area contributed by atoms with E-state index in [9.17, 15) is 13.2 Å². The molecule has 1 aliphatic heterocycles. The number of nitrogens with zero attached hydrogens (tertiary/aromatic N) is 1. The quantitative estimate of drug-likeness (QED) is 0.655. The van der Waals surface area contributed by atoms with Crippen LogP contribution in [0.25, 0.3) is 0 Å². The molecule has 142 valence electrons. The van der Waals surface area contributed by atoms with Crippen molar-refractivity contribution in [2.75, 3.05) is 6.54 Å². The van der Waals surface area contributed by atoms with Gasteiger partial charge >= 0.3 is 6.18 Å². The fourth-order valence-electron chi connectivity index (χ4n) is 4.70. The Kier molecular flexibility index (Phi) is 4.09. The van der Waals surface area contributed by atoms with Crippen LogP contribution >= 0.6 is 0 Å². The number of hydrogen-bond donors (Lipinski definition) is 0. The van der Waals surface area contributed by atoms with Gasteiger partial charge in [0.1, 0.15) is 5.92 Å². The van der Waals surface area contributed by atoms with Gasteiger partial charge in [-0.25, -0.2) is 4.99 Å². The standard InChI is InChI=1S/C22H22F3NO/c1-13-10-14(2)19(15(3)11-13)20-26-12-21(27-20)17-7-5-4-6-16(17)8-9-18(21)22(23,24)25/h4-7,10-11,18H,8-9,12H2,1-3H3. The Bertz CT molecular complexity index is 908. The first kappa shape index (κ1) is 18.1. The Morgan fingerprint density at radius 1 is 1.07 bits per heavy atom. The summed E-state index contributed by atoms with van der Waals surface area (Å²) in [6.45, 7) is 5.89. The summed E-state index contributed by atoms with van der Waals surface area (Å²) >= 11 is 0.